The molecule has 0 N–H and O–H groups in total. The summed E-state index contributed by atoms with van der Waals surface area (Å²) in [7, 11) is -2.43. The highest BCUT2D eigenvalue weighted by Gasteiger charge is 2.50. The molecule has 0 radical (unpaired) electrons. The van der Waals surface area contributed by atoms with E-state index in [4.69, 9.17) is 4.43 Å². The summed E-state index contributed by atoms with van der Waals surface area (Å²) in [5.41, 5.74) is 2.70. The van der Waals surface area contributed by atoms with E-state index in [9.17, 15) is 0 Å². The van der Waals surface area contributed by atoms with Gasteiger partial charge in [-0.15, -0.1) is 0 Å². The monoisotopic (exact) mass is 392 g/mol. The maximum atomic E-state index is 6.96. The molecular weight excluding hydrogens is 356 g/mol. The van der Waals surface area contributed by atoms with Crippen LogP contribution in [-0.2, 0) is 4.43 Å². The Morgan fingerprint density at radius 1 is 0.786 bits per heavy atom. The minimum Gasteiger partial charge on any atom is -0.403 e. The lowest BCUT2D eigenvalue weighted by Crippen LogP contribution is -2.66. The summed E-state index contributed by atoms with van der Waals surface area (Å²) >= 11 is 0. The van der Waals surface area contributed by atoms with Gasteiger partial charge in [0.15, 0.2) is 0 Å². The van der Waals surface area contributed by atoms with Gasteiger partial charge in [-0.2, -0.15) is 0 Å². The van der Waals surface area contributed by atoms with Crippen LogP contribution in [-0.4, -0.2) is 14.9 Å². The van der Waals surface area contributed by atoms with E-state index in [2.05, 4.69) is 114 Å². The summed E-state index contributed by atoms with van der Waals surface area (Å²) in [4.78, 5) is 0. The quantitative estimate of drug-likeness (QED) is 0.293. The van der Waals surface area contributed by atoms with Crippen LogP contribution in [0.3, 0.4) is 0 Å². The summed E-state index contributed by atoms with van der Waals surface area (Å²) in [5, 5.41) is 2.70. The second-order valence-corrected chi connectivity index (χ2v) is 13.2. The van der Waals surface area contributed by atoms with E-state index in [0.717, 1.165) is 12.8 Å². The van der Waals surface area contributed by atoms with E-state index in [1.54, 1.807) is 0 Å². The first-order chi connectivity index (χ1) is 13.3. The molecule has 2 rings (SSSR count). The second-order valence-electron chi connectivity index (χ2n) is 8.86. The van der Waals surface area contributed by atoms with E-state index >= 15 is 0 Å². The fourth-order valence-electron chi connectivity index (χ4n) is 3.74. The third kappa shape index (κ3) is 5.56. The first-order valence-corrected chi connectivity index (χ1v) is 12.2. The average molecular weight is 393 g/mol. The molecule has 0 aromatic heterocycles. The van der Waals surface area contributed by atoms with Crippen molar-refractivity contribution >= 4 is 18.7 Å². The number of benzene rings is 2. The topological polar surface area (TPSA) is 9.23 Å². The third-order valence-electron chi connectivity index (χ3n) is 5.15. The van der Waals surface area contributed by atoms with Crippen molar-refractivity contribution in [3.8, 4) is 0 Å². The normalized spacial score (nSPS) is 12.7. The molecule has 0 atom stereocenters. The van der Waals surface area contributed by atoms with Crippen molar-refractivity contribution in [3.63, 3.8) is 0 Å². The van der Waals surface area contributed by atoms with Gasteiger partial charge in [-0.25, -0.2) is 0 Å². The molecule has 0 amide bonds. The Labute approximate surface area is 173 Å². The fourth-order valence-corrected chi connectivity index (χ4v) is 8.34. The molecule has 0 saturated heterocycles. The molecule has 0 spiro atoms. The van der Waals surface area contributed by atoms with Crippen molar-refractivity contribution in [1.82, 2.24) is 0 Å². The zero-order valence-electron chi connectivity index (χ0n) is 18.5. The third-order valence-corrected chi connectivity index (χ3v) is 10.1. The summed E-state index contributed by atoms with van der Waals surface area (Å²) in [6.45, 7) is 14.2. The zero-order valence-corrected chi connectivity index (χ0v) is 19.5. The van der Waals surface area contributed by atoms with Crippen LogP contribution in [0.2, 0.25) is 5.04 Å². The molecule has 0 aliphatic rings. The summed E-state index contributed by atoms with van der Waals surface area (Å²) in [6, 6.07) is 21.7. The highest BCUT2D eigenvalue weighted by Crippen LogP contribution is 2.36. The van der Waals surface area contributed by atoms with Crippen LogP contribution >= 0.6 is 0 Å². The molecule has 0 unspecified atom stereocenters. The Morgan fingerprint density at radius 3 is 1.68 bits per heavy atom. The van der Waals surface area contributed by atoms with Crippen molar-refractivity contribution in [2.24, 2.45) is 0 Å². The maximum absolute atomic E-state index is 6.96. The standard InChI is InChI=1S/C26H36OSi/c1-22(2)15-13-14-16-23(3)21-27-28(26(4,5)6,24-17-9-7-10-18-24)25-19-11-8-12-20-25/h7-12,15-20H,13-14,21H2,1-6H3. The molecule has 1 nitrogen and oxygen atoms in total. The Bertz CT molecular complexity index is 739. The zero-order chi connectivity index (χ0) is 20.6. The predicted molar refractivity (Wildman–Crippen MR) is 126 cm³/mol. The van der Waals surface area contributed by atoms with E-state index in [0.29, 0.717) is 6.61 Å². The largest absolute Gasteiger partial charge is 0.403 e. The van der Waals surface area contributed by atoms with Gasteiger partial charge in [-0.05, 0) is 49.0 Å². The van der Waals surface area contributed by atoms with Gasteiger partial charge in [-0.1, -0.05) is 105 Å². The van der Waals surface area contributed by atoms with Gasteiger partial charge in [0, 0.05) is 0 Å². The molecule has 28 heavy (non-hydrogen) atoms. The smallest absolute Gasteiger partial charge is 0.261 e. The van der Waals surface area contributed by atoms with Crippen LogP contribution < -0.4 is 10.4 Å². The molecule has 0 heterocycles. The summed E-state index contributed by atoms with van der Waals surface area (Å²) < 4.78 is 6.96. The lowest BCUT2D eigenvalue weighted by atomic mass is 10.2. The summed E-state index contributed by atoms with van der Waals surface area (Å²) in [6.07, 6.45) is 6.80. The molecule has 0 bridgehead atoms. The van der Waals surface area contributed by atoms with Crippen molar-refractivity contribution in [2.45, 2.75) is 59.4 Å². The van der Waals surface area contributed by atoms with Crippen LogP contribution in [0.5, 0.6) is 0 Å². The van der Waals surface area contributed by atoms with E-state index in [1.165, 1.54) is 21.5 Å². The Balaban J connectivity index is 2.37. The number of hydrogen-bond donors (Lipinski definition) is 0. The van der Waals surface area contributed by atoms with Crippen LogP contribution in [0.4, 0.5) is 0 Å². The molecule has 0 aliphatic carbocycles. The molecule has 2 aromatic carbocycles. The van der Waals surface area contributed by atoms with Crippen molar-refractivity contribution in [3.05, 3.63) is 84.0 Å². The first kappa shape index (κ1) is 22.4. The van der Waals surface area contributed by atoms with Gasteiger partial charge < -0.3 is 4.43 Å². The van der Waals surface area contributed by atoms with Crippen LogP contribution in [0.25, 0.3) is 0 Å². The van der Waals surface area contributed by atoms with Gasteiger partial charge >= 0.3 is 0 Å². The fraction of sp³-hybridized carbons (Fsp3) is 0.385. The van der Waals surface area contributed by atoms with Crippen LogP contribution in [0.15, 0.2) is 84.0 Å². The van der Waals surface area contributed by atoms with Gasteiger partial charge in [0.2, 0.25) is 0 Å². The van der Waals surface area contributed by atoms with Gasteiger partial charge in [-0.3, -0.25) is 0 Å². The lowest BCUT2D eigenvalue weighted by Gasteiger charge is -2.43. The molecule has 2 heteroatoms. The van der Waals surface area contributed by atoms with Gasteiger partial charge in [0.1, 0.15) is 0 Å². The van der Waals surface area contributed by atoms with Gasteiger partial charge in [0.25, 0.3) is 8.32 Å². The minimum atomic E-state index is -2.43. The van der Waals surface area contributed by atoms with Crippen molar-refractivity contribution in [2.75, 3.05) is 6.61 Å². The average Bonchev–Trinajstić information content (AvgIpc) is 2.66. The molecule has 0 saturated carbocycles. The molecule has 150 valence electrons. The number of allylic oxidation sites excluding steroid dienone is 3. The summed E-state index contributed by atoms with van der Waals surface area (Å²) in [5.74, 6) is 0. The Morgan fingerprint density at radius 2 is 1.25 bits per heavy atom. The predicted octanol–water partition coefficient (Wildman–Crippen LogP) is 6.26. The number of unbranched alkanes of at least 4 members (excludes halogenated alkanes) is 1. The highest BCUT2D eigenvalue weighted by atomic mass is 28.4. The van der Waals surface area contributed by atoms with Crippen molar-refractivity contribution < 1.29 is 4.43 Å². The van der Waals surface area contributed by atoms with E-state index in [1.807, 2.05) is 0 Å². The van der Waals surface area contributed by atoms with Crippen LogP contribution in [0, 0.1) is 0 Å². The molecule has 0 aliphatic heterocycles. The lowest BCUT2D eigenvalue weighted by molar-refractivity contribution is 0.329. The van der Waals surface area contributed by atoms with E-state index < -0.39 is 8.32 Å². The number of hydrogen-bond acceptors (Lipinski definition) is 1. The van der Waals surface area contributed by atoms with E-state index in [-0.39, 0.29) is 5.04 Å². The second kappa shape index (κ2) is 10.0. The van der Waals surface area contributed by atoms with Crippen molar-refractivity contribution in [1.29, 1.82) is 0 Å². The minimum absolute atomic E-state index is 0.0258. The molecule has 0 fully saturated rings. The van der Waals surface area contributed by atoms with Crippen LogP contribution in [0.1, 0.15) is 54.4 Å². The van der Waals surface area contributed by atoms with Gasteiger partial charge in [0.05, 0.1) is 6.61 Å². The SMILES string of the molecule is CC(C)=CCCC=C(C)CO[Si](c1ccccc1)(c1ccccc1)C(C)(C)C. The first-order valence-electron chi connectivity index (χ1n) is 10.3. The molecule has 2 aromatic rings. The maximum Gasteiger partial charge on any atom is 0.261 e. The number of rotatable bonds is 8. The Hall–Kier alpha value is -1.90. The molecular formula is C26H36OSi. The highest BCUT2D eigenvalue weighted by molar-refractivity contribution is 6.99. The Kier molecular flexibility index (Phi) is 8.03.